The predicted molar refractivity (Wildman–Crippen MR) is 254 cm³/mol. The minimum atomic E-state index is -0.584. The molecule has 0 radical (unpaired) electrons. The molecule has 286 valence electrons. The zero-order valence-electron chi connectivity index (χ0n) is 33.4. The molecule has 10 aromatic carbocycles. The average Bonchev–Trinajstić information content (AvgIpc) is 3.87. The lowest BCUT2D eigenvalue weighted by Crippen LogP contribution is -2.28. The Morgan fingerprint density at radius 2 is 0.918 bits per heavy atom. The van der Waals surface area contributed by atoms with Crippen molar-refractivity contribution in [2.45, 2.75) is 5.41 Å². The molecule has 1 aliphatic carbocycles. The molecule has 61 heavy (non-hydrogen) atoms. The van der Waals surface area contributed by atoms with Crippen LogP contribution in [-0.4, -0.2) is 0 Å². The van der Waals surface area contributed by atoms with Crippen LogP contribution in [0.5, 0.6) is 0 Å². The predicted octanol–water partition coefficient (Wildman–Crippen LogP) is 15.9. The van der Waals surface area contributed by atoms with E-state index >= 15 is 0 Å². The fourth-order valence-electron chi connectivity index (χ4n) is 10.1. The van der Waals surface area contributed by atoms with Crippen molar-refractivity contribution in [3.8, 4) is 33.4 Å². The van der Waals surface area contributed by atoms with E-state index in [0.29, 0.717) is 0 Å². The van der Waals surface area contributed by atoms with Crippen molar-refractivity contribution in [3.63, 3.8) is 0 Å². The molecule has 0 aliphatic heterocycles. The summed E-state index contributed by atoms with van der Waals surface area (Å²) in [5.74, 6) is 0. The van der Waals surface area contributed by atoms with E-state index in [1.807, 2.05) is 0 Å². The minimum absolute atomic E-state index is 0.584. The van der Waals surface area contributed by atoms with Crippen LogP contribution in [0, 0.1) is 0 Å². The van der Waals surface area contributed by atoms with E-state index in [1.54, 1.807) is 0 Å². The molecule has 0 N–H and O–H groups in total. The molecule has 1 heterocycles. The van der Waals surface area contributed by atoms with E-state index in [0.717, 1.165) is 61.1 Å². The quantitative estimate of drug-likeness (QED) is 0.160. The molecule has 12 rings (SSSR count). The smallest absolute Gasteiger partial charge is 0.160 e. The van der Waals surface area contributed by atoms with Crippen LogP contribution in [0.15, 0.2) is 241 Å². The molecule has 2 heteroatoms. The van der Waals surface area contributed by atoms with Gasteiger partial charge in [-0.15, -0.1) is 0 Å². The maximum absolute atomic E-state index is 7.04. The first kappa shape index (κ1) is 35.0. The topological polar surface area (TPSA) is 16.4 Å². The van der Waals surface area contributed by atoms with E-state index in [4.69, 9.17) is 4.42 Å². The van der Waals surface area contributed by atoms with Gasteiger partial charge in [0.15, 0.2) is 5.58 Å². The van der Waals surface area contributed by atoms with Crippen LogP contribution >= 0.6 is 0 Å². The lowest BCUT2D eigenvalue weighted by molar-refractivity contribution is 0.669. The van der Waals surface area contributed by atoms with Crippen molar-refractivity contribution in [3.05, 3.63) is 259 Å². The number of rotatable bonds is 7. The van der Waals surface area contributed by atoms with Crippen LogP contribution in [0.25, 0.3) is 66.1 Å². The molecule has 0 saturated carbocycles. The van der Waals surface area contributed by atoms with E-state index in [2.05, 4.69) is 241 Å². The molecule has 0 atom stereocenters. The molecule has 0 fully saturated rings. The summed E-state index contributed by atoms with van der Waals surface area (Å²) >= 11 is 0. The molecule has 11 aromatic rings. The summed E-state index contributed by atoms with van der Waals surface area (Å²) in [5, 5.41) is 4.55. The van der Waals surface area contributed by atoms with Gasteiger partial charge in [0.25, 0.3) is 0 Å². The van der Waals surface area contributed by atoms with Crippen molar-refractivity contribution in [2.24, 2.45) is 0 Å². The van der Waals surface area contributed by atoms with Gasteiger partial charge in [-0.25, -0.2) is 0 Å². The number of nitrogens with zero attached hydrogens (tertiary/aromatic N) is 1. The number of hydrogen-bond acceptors (Lipinski definition) is 2. The summed E-state index contributed by atoms with van der Waals surface area (Å²) in [7, 11) is 0. The minimum Gasteiger partial charge on any atom is -0.454 e. The SMILES string of the molecule is c1ccc(-c2ccc(N(c3cc4c(cc3-c3ccccc3)-c3ccccc3C4(c3ccccc3)c3ccccc3)c3cc4ccccc4c4c3oc3ccccc34)cc2)cc1. The van der Waals surface area contributed by atoms with Crippen molar-refractivity contribution >= 4 is 49.8 Å². The van der Waals surface area contributed by atoms with E-state index in [9.17, 15) is 0 Å². The summed E-state index contributed by atoms with van der Waals surface area (Å²) < 4.78 is 7.04. The summed E-state index contributed by atoms with van der Waals surface area (Å²) in [6, 6.07) is 86.1. The lowest BCUT2D eigenvalue weighted by Gasteiger charge is -2.35. The molecule has 1 aliphatic rings. The van der Waals surface area contributed by atoms with Crippen molar-refractivity contribution in [2.75, 3.05) is 4.90 Å². The Kier molecular flexibility index (Phi) is 8.11. The van der Waals surface area contributed by atoms with Crippen LogP contribution in [0.3, 0.4) is 0 Å². The Morgan fingerprint density at radius 3 is 1.62 bits per heavy atom. The van der Waals surface area contributed by atoms with Gasteiger partial charge in [0.1, 0.15) is 5.58 Å². The molecular weight excluding hydrogens is 739 g/mol. The van der Waals surface area contributed by atoms with Crippen LogP contribution in [0.1, 0.15) is 22.3 Å². The Bertz CT molecular complexity index is 3350. The van der Waals surface area contributed by atoms with Gasteiger partial charge in [0.05, 0.1) is 16.8 Å². The Labute approximate surface area is 355 Å². The molecule has 0 bridgehead atoms. The standard InChI is InChI=1S/C59H39NO/c1-5-19-40(20-6-1)41-33-35-46(36-34-41)60(55-37-43-23-13-14-28-47(43)57-49-30-16-18-32-56(49)61-58(55)57)54-39-53-51(38-50(54)42-21-7-2-8-22-42)48-29-15-17-31-52(48)59(53,44-24-9-3-10-25-44)45-26-11-4-12-27-45/h1-39H. The van der Waals surface area contributed by atoms with Crippen LogP contribution < -0.4 is 4.90 Å². The number of para-hydroxylation sites is 1. The maximum Gasteiger partial charge on any atom is 0.160 e. The van der Waals surface area contributed by atoms with Crippen molar-refractivity contribution in [1.29, 1.82) is 0 Å². The lowest BCUT2D eigenvalue weighted by atomic mass is 9.67. The zero-order chi connectivity index (χ0) is 40.3. The van der Waals surface area contributed by atoms with Gasteiger partial charge in [-0.3, -0.25) is 0 Å². The second-order valence-electron chi connectivity index (χ2n) is 16.0. The second kappa shape index (κ2) is 14.1. The fraction of sp³-hybridized carbons (Fsp3) is 0.0169. The van der Waals surface area contributed by atoms with Crippen LogP contribution in [-0.2, 0) is 5.41 Å². The highest BCUT2D eigenvalue weighted by Gasteiger charge is 2.47. The molecule has 2 nitrogen and oxygen atoms in total. The van der Waals surface area contributed by atoms with Gasteiger partial charge in [0, 0.05) is 22.0 Å². The van der Waals surface area contributed by atoms with Gasteiger partial charge in [-0.05, 0) is 97.2 Å². The first-order valence-electron chi connectivity index (χ1n) is 21.0. The number of fused-ring (bicyclic) bond motifs is 8. The third-order valence-corrected chi connectivity index (χ3v) is 12.7. The van der Waals surface area contributed by atoms with Crippen molar-refractivity contribution < 1.29 is 4.42 Å². The monoisotopic (exact) mass is 777 g/mol. The Balaban J connectivity index is 1.23. The first-order valence-corrected chi connectivity index (χ1v) is 21.0. The zero-order valence-corrected chi connectivity index (χ0v) is 33.4. The van der Waals surface area contributed by atoms with E-state index < -0.39 is 5.41 Å². The van der Waals surface area contributed by atoms with E-state index in [1.165, 1.54) is 44.3 Å². The molecule has 0 amide bonds. The Hall–Kier alpha value is -7.94. The van der Waals surface area contributed by atoms with Crippen LogP contribution in [0.4, 0.5) is 17.1 Å². The highest BCUT2D eigenvalue weighted by Crippen LogP contribution is 2.59. The van der Waals surface area contributed by atoms with Gasteiger partial charge in [-0.2, -0.15) is 0 Å². The van der Waals surface area contributed by atoms with Gasteiger partial charge < -0.3 is 9.32 Å². The summed E-state index contributed by atoms with van der Waals surface area (Å²) in [6.07, 6.45) is 0. The first-order chi connectivity index (χ1) is 30.3. The number of benzene rings is 10. The molecule has 0 unspecified atom stereocenters. The van der Waals surface area contributed by atoms with Gasteiger partial charge >= 0.3 is 0 Å². The van der Waals surface area contributed by atoms with Gasteiger partial charge in [-0.1, -0.05) is 200 Å². The highest BCUT2D eigenvalue weighted by atomic mass is 16.3. The second-order valence-corrected chi connectivity index (χ2v) is 16.0. The molecule has 0 saturated heterocycles. The normalized spacial score (nSPS) is 12.7. The fourth-order valence-corrected chi connectivity index (χ4v) is 10.1. The highest BCUT2D eigenvalue weighted by molar-refractivity contribution is 6.23. The van der Waals surface area contributed by atoms with Gasteiger partial charge in [0.2, 0.25) is 0 Å². The molecule has 1 aromatic heterocycles. The third-order valence-electron chi connectivity index (χ3n) is 12.7. The van der Waals surface area contributed by atoms with E-state index in [-0.39, 0.29) is 0 Å². The average molecular weight is 778 g/mol. The largest absolute Gasteiger partial charge is 0.454 e. The third kappa shape index (κ3) is 5.43. The number of furan rings is 1. The molecular formula is C59H39NO. The maximum atomic E-state index is 7.04. The summed E-state index contributed by atoms with van der Waals surface area (Å²) in [4.78, 5) is 2.46. The Morgan fingerprint density at radius 1 is 0.361 bits per heavy atom. The van der Waals surface area contributed by atoms with Crippen LogP contribution in [0.2, 0.25) is 0 Å². The van der Waals surface area contributed by atoms with Crippen molar-refractivity contribution in [1.82, 2.24) is 0 Å². The number of anilines is 3. The summed E-state index contributed by atoms with van der Waals surface area (Å²) in [6.45, 7) is 0. The number of hydrogen-bond donors (Lipinski definition) is 0. The summed E-state index contributed by atoms with van der Waals surface area (Å²) in [5.41, 5.74) is 16.3. The molecule has 0 spiro atoms.